The van der Waals surface area contributed by atoms with Crippen LogP contribution in [0.3, 0.4) is 0 Å². The van der Waals surface area contributed by atoms with E-state index in [1.165, 1.54) is 5.56 Å². The molecule has 3 heterocycles. The van der Waals surface area contributed by atoms with Gasteiger partial charge in [0.2, 0.25) is 0 Å². The molecule has 1 amide bonds. The van der Waals surface area contributed by atoms with Crippen LogP contribution >= 0.6 is 0 Å². The van der Waals surface area contributed by atoms with E-state index in [2.05, 4.69) is 17.0 Å². The maximum atomic E-state index is 12.4. The SMILES string of the molecule is COc1ccc(CC2COC(=O)N2CCC2CCN(C[C@H]3COc4ccccc4O3)CC2)cc1. The number of hydrogen-bond acceptors (Lipinski definition) is 6. The first-order valence-corrected chi connectivity index (χ1v) is 12.3. The Labute approximate surface area is 201 Å². The minimum Gasteiger partial charge on any atom is -0.497 e. The predicted molar refractivity (Wildman–Crippen MR) is 129 cm³/mol. The highest BCUT2D eigenvalue weighted by Gasteiger charge is 2.33. The first-order chi connectivity index (χ1) is 16.7. The van der Waals surface area contributed by atoms with Gasteiger partial charge in [0.1, 0.15) is 25.1 Å². The van der Waals surface area contributed by atoms with Crippen molar-refractivity contribution in [2.75, 3.05) is 46.5 Å². The first-order valence-electron chi connectivity index (χ1n) is 12.3. The molecule has 2 aromatic carbocycles. The number of para-hydroxylation sites is 2. The summed E-state index contributed by atoms with van der Waals surface area (Å²) in [5, 5.41) is 0. The lowest BCUT2D eigenvalue weighted by atomic mass is 9.93. The van der Waals surface area contributed by atoms with Gasteiger partial charge < -0.3 is 23.8 Å². The summed E-state index contributed by atoms with van der Waals surface area (Å²) in [6.45, 7) is 4.85. The van der Waals surface area contributed by atoms with Crippen molar-refractivity contribution in [3.05, 3.63) is 54.1 Å². The number of fused-ring (bicyclic) bond motifs is 1. The smallest absolute Gasteiger partial charge is 0.410 e. The van der Waals surface area contributed by atoms with Crippen molar-refractivity contribution >= 4 is 6.09 Å². The maximum Gasteiger partial charge on any atom is 0.410 e. The molecular formula is C27H34N2O5. The maximum absolute atomic E-state index is 12.4. The van der Waals surface area contributed by atoms with Crippen LogP contribution in [0.15, 0.2) is 48.5 Å². The van der Waals surface area contributed by atoms with Crippen molar-refractivity contribution in [1.82, 2.24) is 9.80 Å². The molecule has 0 aliphatic carbocycles. The first kappa shape index (κ1) is 22.8. The number of carbonyl (C=O) groups is 1. The zero-order valence-corrected chi connectivity index (χ0v) is 19.9. The highest BCUT2D eigenvalue weighted by molar-refractivity contribution is 5.70. The molecule has 5 rings (SSSR count). The predicted octanol–water partition coefficient (Wildman–Crippen LogP) is 4.00. The van der Waals surface area contributed by atoms with Gasteiger partial charge in [-0.25, -0.2) is 4.79 Å². The summed E-state index contributed by atoms with van der Waals surface area (Å²) in [4.78, 5) is 16.8. The number of hydrogen-bond donors (Lipinski definition) is 0. The van der Waals surface area contributed by atoms with Crippen LogP contribution in [0.2, 0.25) is 0 Å². The van der Waals surface area contributed by atoms with Gasteiger partial charge in [-0.3, -0.25) is 4.90 Å². The standard InChI is InChI=1S/C27H34N2O5/c1-31-23-8-6-21(7-9-23)16-22-18-33-27(30)29(22)15-12-20-10-13-28(14-11-20)17-24-19-32-25-4-2-3-5-26(25)34-24/h2-9,20,22,24H,10-19H2,1H3/t22?,24-/m0/s1. The molecule has 182 valence electrons. The minimum atomic E-state index is -0.175. The number of piperidine rings is 1. The van der Waals surface area contributed by atoms with Gasteiger partial charge in [-0.05, 0) is 74.5 Å². The van der Waals surface area contributed by atoms with Crippen LogP contribution in [0, 0.1) is 5.92 Å². The average molecular weight is 467 g/mol. The number of ether oxygens (including phenoxy) is 4. The summed E-state index contributed by atoms with van der Waals surface area (Å²) >= 11 is 0. The van der Waals surface area contributed by atoms with Crippen LogP contribution in [0.25, 0.3) is 0 Å². The van der Waals surface area contributed by atoms with Crippen molar-refractivity contribution in [3.63, 3.8) is 0 Å². The molecule has 3 aliphatic rings. The molecule has 3 aliphatic heterocycles. The normalized spacial score (nSPS) is 23.1. The fraction of sp³-hybridized carbons (Fsp3) is 0.519. The van der Waals surface area contributed by atoms with Gasteiger partial charge in [0.05, 0.1) is 13.2 Å². The summed E-state index contributed by atoms with van der Waals surface area (Å²) in [6.07, 6.45) is 4.03. The van der Waals surface area contributed by atoms with Gasteiger partial charge in [-0.2, -0.15) is 0 Å². The monoisotopic (exact) mass is 466 g/mol. The number of carbonyl (C=O) groups excluding carboxylic acids is 1. The molecular weight excluding hydrogens is 432 g/mol. The summed E-state index contributed by atoms with van der Waals surface area (Å²) in [5.74, 6) is 3.16. The Morgan fingerprint density at radius 2 is 1.74 bits per heavy atom. The fourth-order valence-corrected chi connectivity index (χ4v) is 5.19. The van der Waals surface area contributed by atoms with Crippen LogP contribution in [-0.4, -0.2) is 74.5 Å². The van der Waals surface area contributed by atoms with Gasteiger partial charge >= 0.3 is 6.09 Å². The van der Waals surface area contributed by atoms with E-state index < -0.39 is 0 Å². The Morgan fingerprint density at radius 1 is 0.971 bits per heavy atom. The van der Waals surface area contributed by atoms with Crippen molar-refractivity contribution in [2.24, 2.45) is 5.92 Å². The fourth-order valence-electron chi connectivity index (χ4n) is 5.19. The van der Waals surface area contributed by atoms with Gasteiger partial charge in [0, 0.05) is 13.1 Å². The summed E-state index contributed by atoms with van der Waals surface area (Å²) in [6, 6.07) is 16.0. The quantitative estimate of drug-likeness (QED) is 0.586. The lowest BCUT2D eigenvalue weighted by Crippen LogP contribution is -2.44. The number of benzene rings is 2. The molecule has 2 aromatic rings. The van der Waals surface area contributed by atoms with Gasteiger partial charge in [-0.15, -0.1) is 0 Å². The summed E-state index contributed by atoms with van der Waals surface area (Å²) in [7, 11) is 1.67. The number of likely N-dealkylation sites (tertiary alicyclic amines) is 1. The molecule has 7 nitrogen and oxygen atoms in total. The second kappa shape index (κ2) is 10.6. The van der Waals surface area contributed by atoms with Crippen molar-refractivity contribution in [3.8, 4) is 17.2 Å². The van der Waals surface area contributed by atoms with Gasteiger partial charge in [0.15, 0.2) is 11.5 Å². The van der Waals surface area contributed by atoms with Crippen LogP contribution in [0.4, 0.5) is 4.79 Å². The molecule has 34 heavy (non-hydrogen) atoms. The molecule has 1 unspecified atom stereocenters. The zero-order chi connectivity index (χ0) is 23.3. The van der Waals surface area contributed by atoms with Gasteiger partial charge in [0.25, 0.3) is 0 Å². The molecule has 2 saturated heterocycles. The third kappa shape index (κ3) is 5.41. The van der Waals surface area contributed by atoms with Crippen LogP contribution < -0.4 is 14.2 Å². The Morgan fingerprint density at radius 3 is 2.50 bits per heavy atom. The molecule has 2 atom stereocenters. The van der Waals surface area contributed by atoms with Crippen LogP contribution in [0.1, 0.15) is 24.8 Å². The van der Waals surface area contributed by atoms with Crippen LogP contribution in [-0.2, 0) is 11.2 Å². The largest absolute Gasteiger partial charge is 0.497 e. The Balaban J connectivity index is 1.06. The van der Waals surface area contributed by atoms with E-state index in [4.69, 9.17) is 18.9 Å². The number of nitrogens with zero attached hydrogens (tertiary/aromatic N) is 2. The number of amides is 1. The highest BCUT2D eigenvalue weighted by Crippen LogP contribution is 2.31. The minimum absolute atomic E-state index is 0.0736. The Kier molecular flexibility index (Phi) is 7.09. The zero-order valence-electron chi connectivity index (χ0n) is 19.9. The second-order valence-electron chi connectivity index (χ2n) is 9.51. The molecule has 0 spiro atoms. The second-order valence-corrected chi connectivity index (χ2v) is 9.51. The van der Waals surface area contributed by atoms with E-state index in [1.54, 1.807) is 7.11 Å². The summed E-state index contributed by atoms with van der Waals surface area (Å²) in [5.41, 5.74) is 1.19. The van der Waals surface area contributed by atoms with E-state index >= 15 is 0 Å². The number of cyclic esters (lactones) is 1. The van der Waals surface area contributed by atoms with Crippen molar-refractivity contribution < 1.29 is 23.7 Å². The third-order valence-corrected chi connectivity index (χ3v) is 7.22. The molecule has 0 aromatic heterocycles. The van der Waals surface area contributed by atoms with Crippen molar-refractivity contribution in [2.45, 2.75) is 37.8 Å². The Hall–Kier alpha value is -2.93. The number of rotatable bonds is 8. The van der Waals surface area contributed by atoms with Crippen molar-refractivity contribution in [1.29, 1.82) is 0 Å². The van der Waals surface area contributed by atoms with Crippen LogP contribution in [0.5, 0.6) is 17.2 Å². The molecule has 0 N–H and O–H groups in total. The third-order valence-electron chi connectivity index (χ3n) is 7.22. The average Bonchev–Trinajstić information content (AvgIpc) is 3.22. The molecule has 7 heteroatoms. The van der Waals surface area contributed by atoms with E-state index in [-0.39, 0.29) is 18.2 Å². The summed E-state index contributed by atoms with van der Waals surface area (Å²) < 4.78 is 22.6. The molecule has 0 radical (unpaired) electrons. The van der Waals surface area contributed by atoms with E-state index in [9.17, 15) is 4.79 Å². The molecule has 0 saturated carbocycles. The molecule has 0 bridgehead atoms. The number of methoxy groups -OCH3 is 1. The van der Waals surface area contributed by atoms with E-state index in [0.717, 1.165) is 69.1 Å². The highest BCUT2D eigenvalue weighted by atomic mass is 16.6. The molecule has 2 fully saturated rings. The topological polar surface area (TPSA) is 60.5 Å². The van der Waals surface area contributed by atoms with Gasteiger partial charge in [-0.1, -0.05) is 24.3 Å². The Bertz CT molecular complexity index is 958. The van der Waals surface area contributed by atoms with E-state index in [0.29, 0.717) is 19.1 Å². The lowest BCUT2D eigenvalue weighted by Gasteiger charge is -2.36. The lowest BCUT2D eigenvalue weighted by molar-refractivity contribution is 0.0466. The van der Waals surface area contributed by atoms with E-state index in [1.807, 2.05) is 41.3 Å².